The lowest BCUT2D eigenvalue weighted by molar-refractivity contribution is -0.384. The lowest BCUT2D eigenvalue weighted by atomic mass is 10.0. The summed E-state index contributed by atoms with van der Waals surface area (Å²) in [6.45, 7) is 1.44. The highest BCUT2D eigenvalue weighted by atomic mass is 16.6. The molecule has 0 bridgehead atoms. The van der Waals surface area contributed by atoms with Gasteiger partial charge >= 0.3 is 5.97 Å². The van der Waals surface area contributed by atoms with Gasteiger partial charge in [0.15, 0.2) is 0 Å². The molecule has 2 rings (SSSR count). The summed E-state index contributed by atoms with van der Waals surface area (Å²) in [6.07, 6.45) is 0. The molecule has 1 aromatic heterocycles. The first kappa shape index (κ1) is 11.8. The van der Waals surface area contributed by atoms with Crippen LogP contribution in [0.15, 0.2) is 28.8 Å². The zero-order valence-electron chi connectivity index (χ0n) is 9.28. The molecule has 2 aromatic rings. The normalized spacial score (nSPS) is 10.3. The zero-order chi connectivity index (χ0) is 13.3. The van der Waals surface area contributed by atoms with Gasteiger partial charge in [-0.25, -0.2) is 4.79 Å². The van der Waals surface area contributed by atoms with E-state index in [2.05, 4.69) is 5.16 Å². The molecular formula is C11H8N2O5. The van der Waals surface area contributed by atoms with Crippen LogP contribution in [-0.2, 0) is 0 Å². The van der Waals surface area contributed by atoms with Crippen molar-refractivity contribution in [3.8, 4) is 11.3 Å². The summed E-state index contributed by atoms with van der Waals surface area (Å²) in [5, 5.41) is 23.5. The molecule has 7 heteroatoms. The third-order valence-corrected chi connectivity index (χ3v) is 2.43. The summed E-state index contributed by atoms with van der Waals surface area (Å²) in [7, 11) is 0. The summed E-state index contributed by atoms with van der Waals surface area (Å²) < 4.78 is 4.79. The first-order valence-electron chi connectivity index (χ1n) is 4.95. The smallest absolute Gasteiger partial charge is 0.341 e. The van der Waals surface area contributed by atoms with Crippen molar-refractivity contribution in [2.24, 2.45) is 0 Å². The average Bonchev–Trinajstić information content (AvgIpc) is 2.71. The first-order chi connectivity index (χ1) is 8.52. The molecular weight excluding hydrogens is 240 g/mol. The SMILES string of the molecule is Cc1onc(-c2ccccc2[N+](=O)[O-])c1C(=O)O. The second-order valence-corrected chi connectivity index (χ2v) is 3.54. The number of hydrogen-bond donors (Lipinski definition) is 1. The van der Waals surface area contributed by atoms with E-state index >= 15 is 0 Å². The number of benzene rings is 1. The average molecular weight is 248 g/mol. The predicted molar refractivity (Wildman–Crippen MR) is 60.3 cm³/mol. The van der Waals surface area contributed by atoms with Crippen molar-refractivity contribution in [2.45, 2.75) is 6.92 Å². The maximum Gasteiger partial charge on any atom is 0.341 e. The van der Waals surface area contributed by atoms with E-state index in [9.17, 15) is 14.9 Å². The highest BCUT2D eigenvalue weighted by Gasteiger charge is 2.26. The van der Waals surface area contributed by atoms with Gasteiger partial charge in [-0.2, -0.15) is 0 Å². The number of nitro benzene ring substituents is 1. The van der Waals surface area contributed by atoms with E-state index in [1.807, 2.05) is 0 Å². The number of aryl methyl sites for hydroxylation is 1. The Morgan fingerprint density at radius 1 is 1.44 bits per heavy atom. The van der Waals surface area contributed by atoms with Crippen molar-refractivity contribution < 1.29 is 19.3 Å². The van der Waals surface area contributed by atoms with Gasteiger partial charge in [-0.15, -0.1) is 0 Å². The molecule has 0 unspecified atom stereocenters. The summed E-state index contributed by atoms with van der Waals surface area (Å²) in [5.74, 6) is -1.13. The number of carboxylic acid groups (broad SMARTS) is 1. The molecule has 0 spiro atoms. The minimum atomic E-state index is -1.23. The molecule has 18 heavy (non-hydrogen) atoms. The van der Waals surface area contributed by atoms with Gasteiger partial charge in [-0.3, -0.25) is 10.1 Å². The number of rotatable bonds is 3. The summed E-state index contributed by atoms with van der Waals surface area (Å²) in [6, 6.07) is 5.78. The van der Waals surface area contributed by atoms with Gasteiger partial charge in [0.1, 0.15) is 17.0 Å². The molecule has 1 N–H and O–H groups in total. The van der Waals surface area contributed by atoms with Crippen LogP contribution in [0.1, 0.15) is 16.1 Å². The van der Waals surface area contributed by atoms with Gasteiger partial charge in [0.25, 0.3) is 5.69 Å². The van der Waals surface area contributed by atoms with Crippen LogP contribution >= 0.6 is 0 Å². The lowest BCUT2D eigenvalue weighted by Gasteiger charge is -1.99. The summed E-state index contributed by atoms with van der Waals surface area (Å²) in [5.41, 5.74) is -0.290. The van der Waals surface area contributed by atoms with Crippen LogP contribution in [0.25, 0.3) is 11.3 Å². The highest BCUT2D eigenvalue weighted by Crippen LogP contribution is 2.32. The van der Waals surface area contributed by atoms with E-state index in [1.165, 1.54) is 25.1 Å². The number of nitrogens with zero attached hydrogens (tertiary/aromatic N) is 2. The molecule has 0 aliphatic rings. The number of para-hydroxylation sites is 1. The van der Waals surface area contributed by atoms with Crippen molar-refractivity contribution in [1.29, 1.82) is 0 Å². The van der Waals surface area contributed by atoms with Crippen LogP contribution in [-0.4, -0.2) is 21.2 Å². The number of carbonyl (C=O) groups is 1. The maximum absolute atomic E-state index is 11.1. The van der Waals surface area contributed by atoms with Crippen LogP contribution in [0.4, 0.5) is 5.69 Å². The van der Waals surface area contributed by atoms with Crippen molar-refractivity contribution in [2.75, 3.05) is 0 Å². The topological polar surface area (TPSA) is 106 Å². The van der Waals surface area contributed by atoms with Crippen molar-refractivity contribution >= 4 is 11.7 Å². The molecule has 0 aliphatic heterocycles. The lowest BCUT2D eigenvalue weighted by Crippen LogP contribution is -2.00. The molecule has 0 saturated carbocycles. The van der Waals surface area contributed by atoms with E-state index in [-0.39, 0.29) is 28.3 Å². The molecule has 0 saturated heterocycles. The molecule has 0 aliphatic carbocycles. The molecule has 7 nitrogen and oxygen atoms in total. The highest BCUT2D eigenvalue weighted by molar-refractivity contribution is 5.96. The minimum Gasteiger partial charge on any atom is -0.477 e. The van der Waals surface area contributed by atoms with E-state index < -0.39 is 10.9 Å². The second kappa shape index (κ2) is 4.28. The van der Waals surface area contributed by atoms with Crippen molar-refractivity contribution in [3.63, 3.8) is 0 Å². The monoisotopic (exact) mass is 248 g/mol. The Balaban J connectivity index is 2.70. The largest absolute Gasteiger partial charge is 0.477 e. The zero-order valence-corrected chi connectivity index (χ0v) is 9.28. The predicted octanol–water partition coefficient (Wildman–Crippen LogP) is 2.26. The number of hydrogen-bond acceptors (Lipinski definition) is 5. The Hall–Kier alpha value is -2.70. The first-order valence-corrected chi connectivity index (χ1v) is 4.95. The van der Waals surface area contributed by atoms with Crippen LogP contribution in [0.5, 0.6) is 0 Å². The fourth-order valence-corrected chi connectivity index (χ4v) is 1.64. The van der Waals surface area contributed by atoms with Gasteiger partial charge in [-0.1, -0.05) is 17.3 Å². The molecule has 0 amide bonds. The van der Waals surface area contributed by atoms with Crippen LogP contribution in [0.3, 0.4) is 0 Å². The van der Waals surface area contributed by atoms with Crippen LogP contribution < -0.4 is 0 Å². The molecule has 92 valence electrons. The fourth-order valence-electron chi connectivity index (χ4n) is 1.64. The number of nitro groups is 1. The minimum absolute atomic E-state index is 0.0349. The molecule has 0 fully saturated rings. The molecule has 0 radical (unpaired) electrons. The Morgan fingerprint density at radius 2 is 2.11 bits per heavy atom. The molecule has 1 heterocycles. The quantitative estimate of drug-likeness (QED) is 0.659. The van der Waals surface area contributed by atoms with Crippen LogP contribution in [0, 0.1) is 17.0 Å². The van der Waals surface area contributed by atoms with E-state index in [4.69, 9.17) is 9.63 Å². The van der Waals surface area contributed by atoms with Crippen molar-refractivity contribution in [3.05, 3.63) is 45.7 Å². The third-order valence-electron chi connectivity index (χ3n) is 2.43. The van der Waals surface area contributed by atoms with E-state index in [1.54, 1.807) is 6.07 Å². The van der Waals surface area contributed by atoms with E-state index in [0.29, 0.717) is 0 Å². The Bertz CT molecular complexity index is 632. The fraction of sp³-hybridized carbons (Fsp3) is 0.0909. The molecule has 1 aromatic carbocycles. The van der Waals surface area contributed by atoms with E-state index in [0.717, 1.165) is 0 Å². The van der Waals surface area contributed by atoms with Gasteiger partial charge in [-0.05, 0) is 13.0 Å². The molecule has 0 atom stereocenters. The van der Waals surface area contributed by atoms with Crippen LogP contribution in [0.2, 0.25) is 0 Å². The van der Waals surface area contributed by atoms with Gasteiger partial charge < -0.3 is 9.63 Å². The maximum atomic E-state index is 11.1. The van der Waals surface area contributed by atoms with Gasteiger partial charge in [0, 0.05) is 6.07 Å². The van der Waals surface area contributed by atoms with Gasteiger partial charge in [0.05, 0.1) is 10.5 Å². The Morgan fingerprint density at radius 3 is 2.72 bits per heavy atom. The second-order valence-electron chi connectivity index (χ2n) is 3.54. The van der Waals surface area contributed by atoms with Crippen molar-refractivity contribution in [1.82, 2.24) is 5.16 Å². The van der Waals surface area contributed by atoms with Gasteiger partial charge in [0.2, 0.25) is 0 Å². The summed E-state index contributed by atoms with van der Waals surface area (Å²) >= 11 is 0. The standard InChI is InChI=1S/C11H8N2O5/c1-6-9(11(14)15)10(12-18-6)7-4-2-3-5-8(7)13(16)17/h2-5H,1H3,(H,14,15). The summed E-state index contributed by atoms with van der Waals surface area (Å²) in [4.78, 5) is 21.4. The third kappa shape index (κ3) is 1.81. The number of aromatic nitrogens is 1. The Labute approximate surface area is 101 Å². The number of aromatic carboxylic acids is 1. The number of carboxylic acids is 1. The Kier molecular flexibility index (Phi) is 2.80.